The van der Waals surface area contributed by atoms with Crippen molar-refractivity contribution in [3.8, 4) is 0 Å². The average molecular weight is 142 g/mol. The molecule has 1 heterocycles. The van der Waals surface area contributed by atoms with Crippen molar-refractivity contribution in [1.29, 1.82) is 0 Å². The minimum atomic E-state index is -0.227. The molecule has 1 aromatic rings. The Labute approximate surface area is 59.9 Å². The second-order valence-electron chi connectivity index (χ2n) is 2.44. The predicted octanol–water partition coefficient (Wildman–Crippen LogP) is 2.93. The molecular formula is C8H11FO. The molecule has 0 fully saturated rings. The highest BCUT2D eigenvalue weighted by Crippen LogP contribution is 2.21. The van der Waals surface area contributed by atoms with Crippen LogP contribution in [0.25, 0.3) is 0 Å². The van der Waals surface area contributed by atoms with Gasteiger partial charge in [0.15, 0.2) is 5.82 Å². The van der Waals surface area contributed by atoms with E-state index in [4.69, 9.17) is 4.42 Å². The molecule has 0 bridgehead atoms. The van der Waals surface area contributed by atoms with Gasteiger partial charge in [-0.2, -0.15) is 0 Å². The molecular weight excluding hydrogens is 131 g/mol. The van der Waals surface area contributed by atoms with Gasteiger partial charge in [-0.1, -0.05) is 13.8 Å². The van der Waals surface area contributed by atoms with Crippen molar-refractivity contribution in [3.63, 3.8) is 0 Å². The van der Waals surface area contributed by atoms with Crippen molar-refractivity contribution in [1.82, 2.24) is 0 Å². The minimum absolute atomic E-state index is 0.190. The number of hydrogen-bond acceptors (Lipinski definition) is 1. The summed E-state index contributed by atoms with van der Waals surface area (Å²) in [5, 5.41) is 0. The van der Waals surface area contributed by atoms with Crippen LogP contribution in [0.4, 0.5) is 4.39 Å². The smallest absolute Gasteiger partial charge is 0.164 e. The van der Waals surface area contributed by atoms with E-state index in [1.807, 2.05) is 13.8 Å². The Morgan fingerprint density at radius 2 is 2.40 bits per heavy atom. The first kappa shape index (κ1) is 7.32. The number of furan rings is 1. The third-order valence-corrected chi connectivity index (χ3v) is 1.70. The van der Waals surface area contributed by atoms with E-state index in [0.29, 0.717) is 5.76 Å². The Bertz CT molecular complexity index is 205. The normalized spacial score (nSPS) is 13.5. The standard InChI is InChI=1S/C8H11FO/c1-3-6(2)8-7(9)4-5-10-8/h4-6H,3H2,1-2H3. The van der Waals surface area contributed by atoms with Crippen LogP contribution in [-0.4, -0.2) is 0 Å². The molecule has 1 unspecified atom stereocenters. The Hall–Kier alpha value is -0.790. The zero-order chi connectivity index (χ0) is 7.56. The van der Waals surface area contributed by atoms with Crippen molar-refractivity contribution in [2.24, 2.45) is 0 Å². The van der Waals surface area contributed by atoms with Crippen LogP contribution in [0.15, 0.2) is 16.7 Å². The minimum Gasteiger partial charge on any atom is -0.466 e. The summed E-state index contributed by atoms with van der Waals surface area (Å²) in [6.45, 7) is 3.95. The molecule has 1 rings (SSSR count). The van der Waals surface area contributed by atoms with Crippen molar-refractivity contribution in [3.05, 3.63) is 23.9 Å². The molecule has 0 saturated carbocycles. The highest BCUT2D eigenvalue weighted by Gasteiger charge is 2.11. The lowest BCUT2D eigenvalue weighted by Gasteiger charge is -2.02. The van der Waals surface area contributed by atoms with E-state index in [2.05, 4.69) is 0 Å². The van der Waals surface area contributed by atoms with Gasteiger partial charge in [0, 0.05) is 12.0 Å². The summed E-state index contributed by atoms with van der Waals surface area (Å²) in [5.74, 6) is 0.437. The first-order valence-electron chi connectivity index (χ1n) is 3.48. The molecule has 0 aromatic carbocycles. The van der Waals surface area contributed by atoms with Gasteiger partial charge >= 0.3 is 0 Å². The lowest BCUT2D eigenvalue weighted by Crippen LogP contribution is -1.90. The second kappa shape index (κ2) is 2.86. The summed E-state index contributed by atoms with van der Waals surface area (Å²) >= 11 is 0. The highest BCUT2D eigenvalue weighted by molar-refractivity contribution is 5.06. The third kappa shape index (κ3) is 1.20. The van der Waals surface area contributed by atoms with Gasteiger partial charge in [0.25, 0.3) is 0 Å². The van der Waals surface area contributed by atoms with E-state index < -0.39 is 0 Å². The van der Waals surface area contributed by atoms with Crippen LogP contribution in [0.3, 0.4) is 0 Å². The molecule has 0 spiro atoms. The van der Waals surface area contributed by atoms with Gasteiger partial charge in [-0.25, -0.2) is 4.39 Å². The van der Waals surface area contributed by atoms with E-state index in [1.54, 1.807) is 0 Å². The van der Waals surface area contributed by atoms with Gasteiger partial charge in [-0.15, -0.1) is 0 Å². The van der Waals surface area contributed by atoms with Crippen LogP contribution in [0.2, 0.25) is 0 Å². The average Bonchev–Trinajstić information content (AvgIpc) is 2.34. The van der Waals surface area contributed by atoms with Crippen molar-refractivity contribution in [2.75, 3.05) is 0 Å². The first-order chi connectivity index (χ1) is 4.75. The maximum Gasteiger partial charge on any atom is 0.164 e. The van der Waals surface area contributed by atoms with Crippen LogP contribution in [0, 0.1) is 5.82 Å². The quantitative estimate of drug-likeness (QED) is 0.618. The molecule has 0 saturated heterocycles. The van der Waals surface area contributed by atoms with Crippen LogP contribution in [0.5, 0.6) is 0 Å². The van der Waals surface area contributed by atoms with Gasteiger partial charge in [0.2, 0.25) is 0 Å². The van der Waals surface area contributed by atoms with Gasteiger partial charge in [0.05, 0.1) is 6.26 Å². The van der Waals surface area contributed by atoms with Gasteiger partial charge in [-0.3, -0.25) is 0 Å². The maximum atomic E-state index is 12.7. The molecule has 0 radical (unpaired) electrons. The second-order valence-corrected chi connectivity index (χ2v) is 2.44. The summed E-state index contributed by atoms with van der Waals surface area (Å²) in [6, 6.07) is 1.35. The van der Waals surface area contributed by atoms with Crippen molar-refractivity contribution < 1.29 is 8.81 Å². The molecule has 1 nitrogen and oxygen atoms in total. The summed E-state index contributed by atoms with van der Waals surface area (Å²) in [7, 11) is 0. The zero-order valence-corrected chi connectivity index (χ0v) is 6.23. The summed E-state index contributed by atoms with van der Waals surface area (Å²) in [5.41, 5.74) is 0. The summed E-state index contributed by atoms with van der Waals surface area (Å²) < 4.78 is 17.6. The van der Waals surface area contributed by atoms with E-state index >= 15 is 0 Å². The number of halogens is 1. The Morgan fingerprint density at radius 1 is 1.70 bits per heavy atom. The lowest BCUT2D eigenvalue weighted by molar-refractivity contribution is 0.436. The first-order valence-corrected chi connectivity index (χ1v) is 3.48. The molecule has 0 aliphatic carbocycles. The molecule has 0 aliphatic rings. The van der Waals surface area contributed by atoms with E-state index in [-0.39, 0.29) is 11.7 Å². The Balaban J connectivity index is 2.82. The summed E-state index contributed by atoms with van der Waals surface area (Å²) in [4.78, 5) is 0. The fourth-order valence-corrected chi connectivity index (χ4v) is 0.842. The molecule has 1 aromatic heterocycles. The van der Waals surface area contributed by atoms with Gasteiger partial charge in [0.1, 0.15) is 5.76 Å². The van der Waals surface area contributed by atoms with Crippen molar-refractivity contribution >= 4 is 0 Å². The van der Waals surface area contributed by atoms with Crippen LogP contribution >= 0.6 is 0 Å². The van der Waals surface area contributed by atoms with Gasteiger partial charge < -0.3 is 4.42 Å². The third-order valence-electron chi connectivity index (χ3n) is 1.70. The van der Waals surface area contributed by atoms with Gasteiger partial charge in [-0.05, 0) is 6.42 Å². The van der Waals surface area contributed by atoms with Crippen molar-refractivity contribution in [2.45, 2.75) is 26.2 Å². The van der Waals surface area contributed by atoms with E-state index in [1.165, 1.54) is 12.3 Å². The molecule has 10 heavy (non-hydrogen) atoms. The number of hydrogen-bond donors (Lipinski definition) is 0. The predicted molar refractivity (Wildman–Crippen MR) is 37.4 cm³/mol. The maximum absolute atomic E-state index is 12.7. The SMILES string of the molecule is CCC(C)c1occc1F. The Kier molecular flexibility index (Phi) is 2.10. The van der Waals surface area contributed by atoms with Crippen LogP contribution < -0.4 is 0 Å². The molecule has 0 aliphatic heterocycles. The van der Waals surface area contributed by atoms with E-state index in [9.17, 15) is 4.39 Å². The Morgan fingerprint density at radius 3 is 2.80 bits per heavy atom. The molecule has 0 amide bonds. The summed E-state index contributed by atoms with van der Waals surface area (Å²) in [6.07, 6.45) is 2.29. The fourth-order valence-electron chi connectivity index (χ4n) is 0.842. The number of rotatable bonds is 2. The molecule has 2 heteroatoms. The van der Waals surface area contributed by atoms with Crippen LogP contribution in [0.1, 0.15) is 31.9 Å². The van der Waals surface area contributed by atoms with E-state index in [0.717, 1.165) is 6.42 Å². The monoisotopic (exact) mass is 142 g/mol. The van der Waals surface area contributed by atoms with Crippen LogP contribution in [-0.2, 0) is 0 Å². The fraction of sp³-hybridized carbons (Fsp3) is 0.500. The highest BCUT2D eigenvalue weighted by atomic mass is 19.1. The molecule has 1 atom stereocenters. The molecule has 56 valence electrons. The topological polar surface area (TPSA) is 13.1 Å². The molecule has 0 N–H and O–H groups in total. The largest absolute Gasteiger partial charge is 0.466 e. The zero-order valence-electron chi connectivity index (χ0n) is 6.23. The lowest BCUT2D eigenvalue weighted by atomic mass is 10.1.